The Hall–Kier alpha value is -3.70. The van der Waals surface area contributed by atoms with Gasteiger partial charge >= 0.3 is 0 Å². The molecule has 28 heavy (non-hydrogen) atoms. The summed E-state index contributed by atoms with van der Waals surface area (Å²) in [5.74, 6) is 0. The molecule has 136 valence electrons. The number of nitriles is 1. The molecule has 4 aromatic rings. The fraction of sp³-hybridized carbons (Fsp3) is 0.100. The molecule has 0 bridgehead atoms. The molecule has 4 rings (SSSR count). The van der Waals surface area contributed by atoms with E-state index in [0.29, 0.717) is 12.2 Å². The average molecular weight is 386 g/mol. The fourth-order valence-corrected chi connectivity index (χ4v) is 3.44. The summed E-state index contributed by atoms with van der Waals surface area (Å²) < 4.78 is 1.59. The molecule has 7 nitrogen and oxygen atoms in total. The van der Waals surface area contributed by atoms with Crippen LogP contribution in [-0.2, 0) is 6.54 Å². The Morgan fingerprint density at radius 3 is 2.46 bits per heavy atom. The number of aromatic nitrogens is 5. The van der Waals surface area contributed by atoms with Crippen molar-refractivity contribution in [3.8, 4) is 27.2 Å². The molecule has 0 saturated heterocycles. The number of nitrogens with zero attached hydrogens (tertiary/aromatic N) is 6. The molecule has 0 radical (unpaired) electrons. The number of hydrogen-bond acceptors (Lipinski definition) is 7. The molecule has 0 N–H and O–H groups in total. The zero-order valence-corrected chi connectivity index (χ0v) is 15.7. The summed E-state index contributed by atoms with van der Waals surface area (Å²) in [5, 5.41) is 18.8. The SMILES string of the molecule is Cc1ccc(-c2nnc(-c3ccc(=O)n(Cc4ccc(C#N)nc4)c3)s2)cn1. The zero-order chi connectivity index (χ0) is 19.5. The van der Waals surface area contributed by atoms with Crippen LogP contribution in [0, 0.1) is 18.3 Å². The third-order valence-electron chi connectivity index (χ3n) is 4.11. The number of aryl methyl sites for hydroxylation is 1. The van der Waals surface area contributed by atoms with Crippen LogP contribution in [0.1, 0.15) is 17.0 Å². The monoisotopic (exact) mass is 386 g/mol. The van der Waals surface area contributed by atoms with Crippen molar-refractivity contribution < 1.29 is 0 Å². The topological polar surface area (TPSA) is 97.3 Å². The number of rotatable bonds is 4. The first kappa shape index (κ1) is 17.7. The second-order valence-electron chi connectivity index (χ2n) is 6.15. The van der Waals surface area contributed by atoms with Crippen LogP contribution in [0.15, 0.2) is 59.8 Å². The second kappa shape index (κ2) is 7.50. The Balaban J connectivity index is 1.62. The average Bonchev–Trinajstić information content (AvgIpc) is 3.21. The van der Waals surface area contributed by atoms with E-state index in [1.54, 1.807) is 41.4 Å². The summed E-state index contributed by atoms with van der Waals surface area (Å²) in [7, 11) is 0. The van der Waals surface area contributed by atoms with Gasteiger partial charge < -0.3 is 4.57 Å². The minimum absolute atomic E-state index is 0.124. The molecule has 0 unspecified atom stereocenters. The Morgan fingerprint density at radius 1 is 1.00 bits per heavy atom. The van der Waals surface area contributed by atoms with Crippen LogP contribution in [0.2, 0.25) is 0 Å². The summed E-state index contributed by atoms with van der Waals surface area (Å²) in [6.07, 6.45) is 5.14. The Labute approximate surface area is 164 Å². The predicted octanol–water partition coefficient (Wildman–Crippen LogP) is 3.05. The van der Waals surface area contributed by atoms with Gasteiger partial charge in [0, 0.05) is 41.5 Å². The van der Waals surface area contributed by atoms with E-state index in [2.05, 4.69) is 20.2 Å². The van der Waals surface area contributed by atoms with Crippen molar-refractivity contribution in [1.82, 2.24) is 24.7 Å². The van der Waals surface area contributed by atoms with E-state index in [1.165, 1.54) is 17.4 Å². The standard InChI is InChI=1S/C20H14N6OS/c1-13-2-4-15(10-22-13)19-24-25-20(28-19)16-5-7-18(27)26(12-16)11-14-3-6-17(8-21)23-9-14/h2-7,9-10,12H,11H2,1H3. The number of pyridine rings is 3. The van der Waals surface area contributed by atoms with Gasteiger partial charge in [-0.1, -0.05) is 17.4 Å². The summed E-state index contributed by atoms with van der Waals surface area (Å²) in [6.45, 7) is 2.29. The lowest BCUT2D eigenvalue weighted by molar-refractivity contribution is 0.757. The van der Waals surface area contributed by atoms with Crippen molar-refractivity contribution in [1.29, 1.82) is 5.26 Å². The fourth-order valence-electron chi connectivity index (χ4n) is 2.61. The Kier molecular flexibility index (Phi) is 4.74. The maximum absolute atomic E-state index is 12.2. The minimum Gasteiger partial charge on any atom is -0.310 e. The number of hydrogen-bond donors (Lipinski definition) is 0. The summed E-state index contributed by atoms with van der Waals surface area (Å²) in [4.78, 5) is 20.6. The predicted molar refractivity (Wildman–Crippen MR) is 106 cm³/mol. The largest absolute Gasteiger partial charge is 0.310 e. The highest BCUT2D eigenvalue weighted by molar-refractivity contribution is 7.17. The van der Waals surface area contributed by atoms with E-state index in [4.69, 9.17) is 5.26 Å². The molecule has 0 aliphatic heterocycles. The van der Waals surface area contributed by atoms with Gasteiger partial charge in [0.25, 0.3) is 5.56 Å². The van der Waals surface area contributed by atoms with Gasteiger partial charge in [-0.15, -0.1) is 10.2 Å². The molecule has 0 amide bonds. The Morgan fingerprint density at radius 2 is 1.79 bits per heavy atom. The highest BCUT2D eigenvalue weighted by Crippen LogP contribution is 2.29. The third kappa shape index (κ3) is 3.70. The molecule has 0 spiro atoms. The molecule has 4 heterocycles. The Bertz CT molecular complexity index is 1220. The summed E-state index contributed by atoms with van der Waals surface area (Å²) in [5.41, 5.74) is 3.72. The maximum atomic E-state index is 12.2. The smallest absolute Gasteiger partial charge is 0.250 e. The van der Waals surface area contributed by atoms with Gasteiger partial charge in [-0.05, 0) is 36.8 Å². The molecule has 0 aromatic carbocycles. The van der Waals surface area contributed by atoms with Crippen molar-refractivity contribution in [2.45, 2.75) is 13.5 Å². The first-order chi connectivity index (χ1) is 13.6. The molecule has 0 aliphatic carbocycles. The van der Waals surface area contributed by atoms with Crippen molar-refractivity contribution in [2.24, 2.45) is 0 Å². The van der Waals surface area contributed by atoms with Crippen LogP contribution >= 0.6 is 11.3 Å². The van der Waals surface area contributed by atoms with Crippen LogP contribution in [-0.4, -0.2) is 24.7 Å². The lowest BCUT2D eigenvalue weighted by Crippen LogP contribution is -2.19. The van der Waals surface area contributed by atoms with Crippen LogP contribution in [0.4, 0.5) is 0 Å². The van der Waals surface area contributed by atoms with Crippen molar-refractivity contribution in [2.75, 3.05) is 0 Å². The molecule has 8 heteroatoms. The normalized spacial score (nSPS) is 10.6. The highest BCUT2D eigenvalue weighted by atomic mass is 32.1. The van der Waals surface area contributed by atoms with Crippen LogP contribution in [0.3, 0.4) is 0 Å². The lowest BCUT2D eigenvalue weighted by atomic mass is 10.2. The van der Waals surface area contributed by atoms with E-state index in [1.807, 2.05) is 25.1 Å². The minimum atomic E-state index is -0.124. The van der Waals surface area contributed by atoms with Crippen molar-refractivity contribution in [3.63, 3.8) is 0 Å². The first-order valence-electron chi connectivity index (χ1n) is 8.45. The van der Waals surface area contributed by atoms with Gasteiger partial charge in [0.1, 0.15) is 21.8 Å². The van der Waals surface area contributed by atoms with E-state index in [0.717, 1.165) is 32.4 Å². The highest BCUT2D eigenvalue weighted by Gasteiger charge is 2.10. The van der Waals surface area contributed by atoms with E-state index in [9.17, 15) is 4.79 Å². The van der Waals surface area contributed by atoms with Crippen molar-refractivity contribution >= 4 is 11.3 Å². The maximum Gasteiger partial charge on any atom is 0.250 e. The summed E-state index contributed by atoms with van der Waals surface area (Å²) in [6, 6.07) is 12.6. The second-order valence-corrected chi connectivity index (χ2v) is 7.13. The van der Waals surface area contributed by atoms with Crippen LogP contribution < -0.4 is 5.56 Å². The molecular weight excluding hydrogens is 372 g/mol. The first-order valence-corrected chi connectivity index (χ1v) is 9.26. The third-order valence-corrected chi connectivity index (χ3v) is 5.13. The van der Waals surface area contributed by atoms with E-state index in [-0.39, 0.29) is 5.56 Å². The molecule has 0 atom stereocenters. The molecule has 0 saturated carbocycles. The van der Waals surface area contributed by atoms with Gasteiger partial charge in [0.05, 0.1) is 6.54 Å². The van der Waals surface area contributed by atoms with Crippen LogP contribution in [0.25, 0.3) is 21.1 Å². The van der Waals surface area contributed by atoms with Gasteiger partial charge in [-0.3, -0.25) is 9.78 Å². The van der Waals surface area contributed by atoms with Crippen LogP contribution in [0.5, 0.6) is 0 Å². The molecule has 0 aliphatic rings. The zero-order valence-electron chi connectivity index (χ0n) is 14.9. The van der Waals surface area contributed by atoms with Gasteiger partial charge in [0.15, 0.2) is 0 Å². The molecule has 4 aromatic heterocycles. The van der Waals surface area contributed by atoms with Gasteiger partial charge in [0.2, 0.25) is 0 Å². The van der Waals surface area contributed by atoms with Crippen molar-refractivity contribution in [3.05, 3.63) is 82.3 Å². The summed E-state index contributed by atoms with van der Waals surface area (Å²) >= 11 is 1.44. The van der Waals surface area contributed by atoms with Gasteiger partial charge in [-0.25, -0.2) is 4.98 Å². The lowest BCUT2D eigenvalue weighted by Gasteiger charge is -2.07. The molecule has 0 fully saturated rings. The van der Waals surface area contributed by atoms with E-state index < -0.39 is 0 Å². The van der Waals surface area contributed by atoms with E-state index >= 15 is 0 Å². The van der Waals surface area contributed by atoms with Gasteiger partial charge in [-0.2, -0.15) is 5.26 Å². The quantitative estimate of drug-likeness (QED) is 0.535. The molecular formula is C20H14N6OS.